The summed E-state index contributed by atoms with van der Waals surface area (Å²) in [6.45, 7) is 12.9. The van der Waals surface area contributed by atoms with E-state index in [4.69, 9.17) is 15.6 Å². The Labute approximate surface area is 130 Å². The van der Waals surface area contributed by atoms with Gasteiger partial charge in [-0.15, -0.1) is 0 Å². The van der Waals surface area contributed by atoms with Crippen LogP contribution in [0.25, 0.3) is 0 Å². The number of alkyl halides is 3. The van der Waals surface area contributed by atoms with Crippen LogP contribution in [0.2, 0.25) is 0 Å². The quantitative estimate of drug-likeness (QED) is 0.833. The van der Waals surface area contributed by atoms with Crippen LogP contribution in [0.1, 0.15) is 47.0 Å². The van der Waals surface area contributed by atoms with Crippen molar-refractivity contribution in [2.24, 2.45) is 17.1 Å². The van der Waals surface area contributed by atoms with Crippen LogP contribution in [0.3, 0.4) is 0 Å². The summed E-state index contributed by atoms with van der Waals surface area (Å²) in [7, 11) is 0. The van der Waals surface area contributed by atoms with Crippen molar-refractivity contribution >= 4 is 5.97 Å². The standard InChI is InChI=1S/C13H28N2.C2HF3O2/c1-11(9-13(2,3)4)5-7-15-8-6-12(14)10-15;3-2(4,5)1(6)7/h11-12H,5-10,14H2,1-4H3;(H,6,7). The molecule has 1 aliphatic rings. The molecule has 4 nitrogen and oxygen atoms in total. The number of nitrogens with two attached hydrogens (primary N) is 1. The molecule has 0 bridgehead atoms. The summed E-state index contributed by atoms with van der Waals surface area (Å²) in [5, 5.41) is 7.12. The lowest BCUT2D eigenvalue weighted by Gasteiger charge is -2.25. The van der Waals surface area contributed by atoms with Crippen molar-refractivity contribution in [2.45, 2.75) is 59.2 Å². The van der Waals surface area contributed by atoms with Gasteiger partial charge in [-0.3, -0.25) is 0 Å². The number of likely N-dealkylation sites (tertiary alicyclic amines) is 1. The Morgan fingerprint density at radius 3 is 2.18 bits per heavy atom. The first-order valence-corrected chi connectivity index (χ1v) is 7.59. The van der Waals surface area contributed by atoms with Crippen molar-refractivity contribution in [3.05, 3.63) is 0 Å². The average molecular weight is 326 g/mol. The average Bonchev–Trinajstić information content (AvgIpc) is 2.70. The third kappa shape index (κ3) is 10.8. The zero-order chi connectivity index (χ0) is 17.6. The zero-order valence-corrected chi connectivity index (χ0v) is 13.9. The minimum absolute atomic E-state index is 0.433. The van der Waals surface area contributed by atoms with E-state index >= 15 is 0 Å². The monoisotopic (exact) mass is 326 g/mol. The van der Waals surface area contributed by atoms with Gasteiger partial charge in [0, 0.05) is 12.6 Å². The van der Waals surface area contributed by atoms with Crippen LogP contribution >= 0.6 is 0 Å². The number of hydrogen-bond acceptors (Lipinski definition) is 3. The van der Waals surface area contributed by atoms with Gasteiger partial charge in [0.1, 0.15) is 0 Å². The van der Waals surface area contributed by atoms with Gasteiger partial charge in [-0.25, -0.2) is 4.79 Å². The number of halogens is 3. The largest absolute Gasteiger partial charge is 0.490 e. The summed E-state index contributed by atoms with van der Waals surface area (Å²) in [5.74, 6) is -1.92. The third-order valence-corrected chi connectivity index (χ3v) is 3.45. The van der Waals surface area contributed by atoms with E-state index in [9.17, 15) is 13.2 Å². The van der Waals surface area contributed by atoms with Gasteiger partial charge in [-0.2, -0.15) is 13.2 Å². The highest BCUT2D eigenvalue weighted by Crippen LogP contribution is 2.26. The normalized spacial score (nSPS) is 21.2. The molecular formula is C15H29F3N2O2. The van der Waals surface area contributed by atoms with E-state index in [1.54, 1.807) is 0 Å². The fourth-order valence-electron chi connectivity index (χ4n) is 2.62. The molecule has 0 amide bonds. The maximum Gasteiger partial charge on any atom is 0.490 e. The number of aliphatic carboxylic acids is 1. The highest BCUT2D eigenvalue weighted by molar-refractivity contribution is 5.73. The predicted octanol–water partition coefficient (Wildman–Crippen LogP) is 3.12. The van der Waals surface area contributed by atoms with Crippen LogP contribution in [-0.4, -0.2) is 47.8 Å². The summed E-state index contributed by atoms with van der Waals surface area (Å²) in [4.78, 5) is 11.4. The first-order chi connectivity index (χ1) is 9.81. The van der Waals surface area contributed by atoms with E-state index in [1.807, 2.05) is 0 Å². The van der Waals surface area contributed by atoms with Gasteiger partial charge in [-0.1, -0.05) is 27.7 Å². The minimum Gasteiger partial charge on any atom is -0.475 e. The van der Waals surface area contributed by atoms with Crippen LogP contribution < -0.4 is 5.73 Å². The molecule has 2 unspecified atom stereocenters. The van der Waals surface area contributed by atoms with Crippen LogP contribution in [0.15, 0.2) is 0 Å². The van der Waals surface area contributed by atoms with Gasteiger partial charge in [0.2, 0.25) is 0 Å². The maximum atomic E-state index is 10.6. The zero-order valence-electron chi connectivity index (χ0n) is 13.9. The van der Waals surface area contributed by atoms with Crippen LogP contribution in [0, 0.1) is 11.3 Å². The smallest absolute Gasteiger partial charge is 0.475 e. The van der Waals surface area contributed by atoms with Crippen LogP contribution in [-0.2, 0) is 4.79 Å². The number of rotatable bonds is 4. The summed E-state index contributed by atoms with van der Waals surface area (Å²) >= 11 is 0. The summed E-state index contributed by atoms with van der Waals surface area (Å²) in [5.41, 5.74) is 6.36. The van der Waals surface area contributed by atoms with Crippen molar-refractivity contribution in [1.29, 1.82) is 0 Å². The van der Waals surface area contributed by atoms with E-state index < -0.39 is 12.1 Å². The highest BCUT2D eigenvalue weighted by Gasteiger charge is 2.38. The molecule has 3 N–H and O–H groups in total. The Morgan fingerprint density at radius 2 is 1.86 bits per heavy atom. The van der Waals surface area contributed by atoms with E-state index in [-0.39, 0.29) is 0 Å². The molecule has 0 radical (unpaired) electrons. The van der Waals surface area contributed by atoms with Crippen molar-refractivity contribution < 1.29 is 23.1 Å². The van der Waals surface area contributed by atoms with Crippen molar-refractivity contribution in [1.82, 2.24) is 4.90 Å². The molecule has 0 aromatic heterocycles. The van der Waals surface area contributed by atoms with Crippen molar-refractivity contribution in [3.63, 3.8) is 0 Å². The van der Waals surface area contributed by atoms with Crippen molar-refractivity contribution in [2.75, 3.05) is 19.6 Å². The number of nitrogens with zero attached hydrogens (tertiary/aromatic N) is 1. The maximum absolute atomic E-state index is 10.6. The molecule has 1 aliphatic heterocycles. The summed E-state index contributed by atoms with van der Waals surface area (Å²) < 4.78 is 31.7. The molecule has 0 saturated carbocycles. The van der Waals surface area contributed by atoms with E-state index in [1.165, 1.54) is 32.4 Å². The summed E-state index contributed by atoms with van der Waals surface area (Å²) in [6.07, 6.45) is -1.25. The second-order valence-electron chi connectivity index (χ2n) is 7.31. The van der Waals surface area contributed by atoms with E-state index in [2.05, 4.69) is 32.6 Å². The third-order valence-electron chi connectivity index (χ3n) is 3.45. The van der Waals surface area contributed by atoms with Crippen LogP contribution in [0.4, 0.5) is 13.2 Å². The Bertz CT molecular complexity index is 341. The topological polar surface area (TPSA) is 66.6 Å². The molecule has 22 heavy (non-hydrogen) atoms. The minimum atomic E-state index is -5.08. The lowest BCUT2D eigenvalue weighted by atomic mass is 9.84. The van der Waals surface area contributed by atoms with Gasteiger partial charge in [0.15, 0.2) is 0 Å². The second-order valence-corrected chi connectivity index (χ2v) is 7.31. The Kier molecular flexibility index (Phi) is 8.39. The summed E-state index contributed by atoms with van der Waals surface area (Å²) in [6, 6.07) is 0.433. The number of carboxylic acids is 1. The Balaban J connectivity index is 0.000000534. The molecule has 7 heteroatoms. The van der Waals surface area contributed by atoms with Gasteiger partial charge in [-0.05, 0) is 43.7 Å². The van der Waals surface area contributed by atoms with Crippen LogP contribution in [0.5, 0.6) is 0 Å². The van der Waals surface area contributed by atoms with Crippen molar-refractivity contribution in [3.8, 4) is 0 Å². The molecule has 1 heterocycles. The first-order valence-electron chi connectivity index (χ1n) is 7.59. The molecule has 2 atom stereocenters. The molecular weight excluding hydrogens is 297 g/mol. The van der Waals surface area contributed by atoms with Gasteiger partial charge >= 0.3 is 12.1 Å². The molecule has 1 fully saturated rings. The highest BCUT2D eigenvalue weighted by atomic mass is 19.4. The van der Waals surface area contributed by atoms with Gasteiger partial charge in [0.05, 0.1) is 0 Å². The lowest BCUT2D eigenvalue weighted by Crippen LogP contribution is -2.28. The second kappa shape index (κ2) is 8.72. The number of carbonyl (C=O) groups is 1. The lowest BCUT2D eigenvalue weighted by molar-refractivity contribution is -0.192. The fraction of sp³-hybridized carbons (Fsp3) is 0.933. The molecule has 0 aromatic rings. The molecule has 1 saturated heterocycles. The van der Waals surface area contributed by atoms with E-state index in [0.29, 0.717) is 11.5 Å². The van der Waals surface area contributed by atoms with Gasteiger partial charge < -0.3 is 15.7 Å². The SMILES string of the molecule is CC(CCN1CCC(N)C1)CC(C)(C)C.O=C(O)C(F)(F)F. The van der Waals surface area contributed by atoms with Gasteiger partial charge in [0.25, 0.3) is 0 Å². The van der Waals surface area contributed by atoms with E-state index in [0.717, 1.165) is 12.5 Å². The molecule has 0 aromatic carbocycles. The molecule has 0 aliphatic carbocycles. The molecule has 132 valence electrons. The Hall–Kier alpha value is -0.820. The predicted molar refractivity (Wildman–Crippen MR) is 80.6 cm³/mol. The first kappa shape index (κ1) is 21.2. The Morgan fingerprint density at radius 1 is 1.36 bits per heavy atom. The fourth-order valence-corrected chi connectivity index (χ4v) is 2.62. The number of carboxylic acid groups (broad SMARTS) is 1. The molecule has 0 spiro atoms. The molecule has 1 rings (SSSR count). The number of hydrogen-bond donors (Lipinski definition) is 2.